The second-order valence-electron chi connectivity index (χ2n) is 8.65. The maximum absolute atomic E-state index is 12.9. The van der Waals surface area contributed by atoms with Crippen molar-refractivity contribution in [2.45, 2.75) is 12.5 Å². The first-order valence-corrected chi connectivity index (χ1v) is 11.6. The monoisotopic (exact) mass is 447 g/mol. The van der Waals surface area contributed by atoms with Gasteiger partial charge in [-0.1, -0.05) is 48.5 Å². The molecule has 172 valence electrons. The van der Waals surface area contributed by atoms with Gasteiger partial charge in [0.05, 0.1) is 6.54 Å². The zero-order valence-electron chi connectivity index (χ0n) is 18.7. The van der Waals surface area contributed by atoms with Crippen LogP contribution in [0.25, 0.3) is 5.57 Å². The normalized spacial score (nSPS) is 20.8. The number of hydrogen-bond acceptors (Lipinski definition) is 5. The number of carbonyl (C=O) groups is 2. The van der Waals surface area contributed by atoms with E-state index in [9.17, 15) is 9.59 Å². The van der Waals surface area contributed by atoms with Crippen molar-refractivity contribution in [3.63, 3.8) is 0 Å². The Balaban J connectivity index is 1.08. The van der Waals surface area contributed by atoms with Crippen LogP contribution in [0.5, 0.6) is 11.5 Å². The van der Waals surface area contributed by atoms with Gasteiger partial charge in [0.15, 0.2) is 11.5 Å². The first kappa shape index (κ1) is 21.5. The summed E-state index contributed by atoms with van der Waals surface area (Å²) in [5.41, 5.74) is 2.55. The SMILES string of the molecule is O=C(CN1CCN(C(=O)C2COc3ccccc3O2)CC1)N1CC=C(c2ccccc2)CC1. The van der Waals surface area contributed by atoms with E-state index < -0.39 is 6.10 Å². The molecule has 3 aliphatic heterocycles. The van der Waals surface area contributed by atoms with Crippen LogP contribution in [-0.4, -0.2) is 85.0 Å². The van der Waals surface area contributed by atoms with E-state index in [-0.39, 0.29) is 18.4 Å². The number of piperazine rings is 1. The van der Waals surface area contributed by atoms with Crippen LogP contribution < -0.4 is 9.47 Å². The van der Waals surface area contributed by atoms with Crippen LogP contribution in [0.3, 0.4) is 0 Å². The molecule has 0 saturated carbocycles. The van der Waals surface area contributed by atoms with Gasteiger partial charge in [-0.15, -0.1) is 0 Å². The predicted molar refractivity (Wildman–Crippen MR) is 125 cm³/mol. The molecule has 3 heterocycles. The van der Waals surface area contributed by atoms with E-state index in [1.54, 1.807) is 0 Å². The first-order valence-electron chi connectivity index (χ1n) is 11.6. The predicted octanol–water partition coefficient (Wildman–Crippen LogP) is 2.29. The largest absolute Gasteiger partial charge is 0.485 e. The summed E-state index contributed by atoms with van der Waals surface area (Å²) < 4.78 is 11.5. The van der Waals surface area contributed by atoms with Gasteiger partial charge in [-0.2, -0.15) is 0 Å². The second kappa shape index (κ2) is 9.67. The van der Waals surface area contributed by atoms with Crippen molar-refractivity contribution < 1.29 is 19.1 Å². The standard InChI is InChI=1S/C26H29N3O4/c30-25(28-12-10-21(11-13-28)20-6-2-1-3-7-20)18-27-14-16-29(17-15-27)26(31)24-19-32-22-8-4-5-9-23(22)33-24/h1-10,24H,11-19H2. The van der Waals surface area contributed by atoms with Crippen molar-refractivity contribution in [1.29, 1.82) is 0 Å². The number of para-hydroxylation sites is 2. The van der Waals surface area contributed by atoms with Crippen molar-refractivity contribution in [3.8, 4) is 11.5 Å². The van der Waals surface area contributed by atoms with Gasteiger partial charge in [0.25, 0.3) is 5.91 Å². The number of benzene rings is 2. The number of rotatable bonds is 4. The molecule has 0 spiro atoms. The number of amides is 2. The highest BCUT2D eigenvalue weighted by molar-refractivity contribution is 5.82. The molecule has 0 radical (unpaired) electrons. The van der Waals surface area contributed by atoms with Crippen molar-refractivity contribution in [2.75, 3.05) is 52.4 Å². The molecule has 2 aromatic rings. The average Bonchev–Trinajstić information content (AvgIpc) is 2.89. The lowest BCUT2D eigenvalue weighted by Gasteiger charge is -2.37. The van der Waals surface area contributed by atoms with Gasteiger partial charge < -0.3 is 19.3 Å². The van der Waals surface area contributed by atoms with Crippen LogP contribution >= 0.6 is 0 Å². The molecule has 1 saturated heterocycles. The van der Waals surface area contributed by atoms with Gasteiger partial charge in [-0.25, -0.2) is 0 Å². The molecule has 0 aliphatic carbocycles. The molecule has 2 aromatic carbocycles. The number of hydrogen-bond donors (Lipinski definition) is 0. The van der Waals surface area contributed by atoms with Gasteiger partial charge in [-0.05, 0) is 29.7 Å². The fraction of sp³-hybridized carbons (Fsp3) is 0.385. The van der Waals surface area contributed by atoms with Crippen LogP contribution in [0, 0.1) is 0 Å². The Morgan fingerprint density at radius 2 is 1.58 bits per heavy atom. The molecule has 0 bridgehead atoms. The fourth-order valence-electron chi connectivity index (χ4n) is 4.57. The Hall–Kier alpha value is -3.32. The van der Waals surface area contributed by atoms with Gasteiger partial charge in [0.2, 0.25) is 12.0 Å². The second-order valence-corrected chi connectivity index (χ2v) is 8.65. The summed E-state index contributed by atoms with van der Waals surface area (Å²) in [6, 6.07) is 17.8. The molecule has 7 heteroatoms. The molecule has 1 unspecified atom stereocenters. The van der Waals surface area contributed by atoms with E-state index in [1.807, 2.05) is 52.3 Å². The van der Waals surface area contributed by atoms with E-state index in [4.69, 9.17) is 9.47 Å². The Morgan fingerprint density at radius 1 is 0.848 bits per heavy atom. The quantitative estimate of drug-likeness (QED) is 0.720. The molecule has 0 aromatic heterocycles. The Labute approximate surface area is 194 Å². The van der Waals surface area contributed by atoms with Crippen molar-refractivity contribution >= 4 is 17.4 Å². The minimum atomic E-state index is -0.618. The minimum absolute atomic E-state index is 0.0508. The molecule has 33 heavy (non-hydrogen) atoms. The molecule has 3 aliphatic rings. The van der Waals surface area contributed by atoms with Crippen LogP contribution in [0.1, 0.15) is 12.0 Å². The first-order chi connectivity index (χ1) is 16.2. The molecule has 1 fully saturated rings. The molecule has 5 rings (SSSR count). The van der Waals surface area contributed by atoms with Crippen molar-refractivity contribution in [3.05, 3.63) is 66.2 Å². The molecular formula is C26H29N3O4. The maximum Gasteiger partial charge on any atom is 0.267 e. The van der Waals surface area contributed by atoms with Crippen molar-refractivity contribution in [2.24, 2.45) is 0 Å². The Kier molecular flexibility index (Phi) is 6.30. The highest BCUT2D eigenvalue weighted by Gasteiger charge is 2.33. The molecule has 2 amide bonds. The third-order valence-electron chi connectivity index (χ3n) is 6.53. The lowest BCUT2D eigenvalue weighted by molar-refractivity contribution is -0.143. The Bertz CT molecular complexity index is 1030. The van der Waals surface area contributed by atoms with Gasteiger partial charge in [0.1, 0.15) is 6.61 Å². The van der Waals surface area contributed by atoms with E-state index in [1.165, 1.54) is 11.1 Å². The summed E-state index contributed by atoms with van der Waals surface area (Å²) in [6.07, 6.45) is 2.43. The van der Waals surface area contributed by atoms with E-state index in [0.29, 0.717) is 50.8 Å². The van der Waals surface area contributed by atoms with Gasteiger partial charge in [0, 0.05) is 39.3 Å². The highest BCUT2D eigenvalue weighted by Crippen LogP contribution is 2.31. The van der Waals surface area contributed by atoms with Gasteiger partial charge >= 0.3 is 0 Å². The van der Waals surface area contributed by atoms with Crippen LogP contribution in [0.4, 0.5) is 0 Å². The third-order valence-corrected chi connectivity index (χ3v) is 6.53. The average molecular weight is 448 g/mol. The summed E-state index contributed by atoms with van der Waals surface area (Å²) in [5, 5.41) is 0. The molecule has 1 atom stereocenters. The number of carbonyl (C=O) groups excluding carboxylic acids is 2. The summed E-state index contributed by atoms with van der Waals surface area (Å²) in [6.45, 7) is 4.56. The summed E-state index contributed by atoms with van der Waals surface area (Å²) >= 11 is 0. The van der Waals surface area contributed by atoms with Crippen LogP contribution in [0.15, 0.2) is 60.7 Å². The zero-order valence-corrected chi connectivity index (χ0v) is 18.7. The topological polar surface area (TPSA) is 62.3 Å². The summed E-state index contributed by atoms with van der Waals surface area (Å²) in [7, 11) is 0. The maximum atomic E-state index is 12.9. The summed E-state index contributed by atoms with van der Waals surface area (Å²) in [5.74, 6) is 1.38. The number of nitrogens with zero attached hydrogens (tertiary/aromatic N) is 3. The van der Waals surface area contributed by atoms with E-state index in [0.717, 1.165) is 13.0 Å². The van der Waals surface area contributed by atoms with Gasteiger partial charge in [-0.3, -0.25) is 14.5 Å². The molecule has 0 N–H and O–H groups in total. The lowest BCUT2D eigenvalue weighted by Crippen LogP contribution is -2.55. The van der Waals surface area contributed by atoms with E-state index >= 15 is 0 Å². The van der Waals surface area contributed by atoms with Crippen LogP contribution in [0.2, 0.25) is 0 Å². The number of ether oxygens (including phenoxy) is 2. The van der Waals surface area contributed by atoms with Crippen LogP contribution in [-0.2, 0) is 9.59 Å². The van der Waals surface area contributed by atoms with Crippen molar-refractivity contribution in [1.82, 2.24) is 14.7 Å². The zero-order chi connectivity index (χ0) is 22.6. The minimum Gasteiger partial charge on any atom is -0.485 e. The van der Waals surface area contributed by atoms with E-state index in [2.05, 4.69) is 23.1 Å². The summed E-state index contributed by atoms with van der Waals surface area (Å²) in [4.78, 5) is 31.6. The number of fused-ring (bicyclic) bond motifs is 1. The molecular weight excluding hydrogens is 418 g/mol. The third kappa shape index (κ3) is 4.88. The highest BCUT2D eigenvalue weighted by atomic mass is 16.6. The fourth-order valence-corrected chi connectivity index (χ4v) is 4.57. The Morgan fingerprint density at radius 3 is 2.30 bits per heavy atom. The lowest BCUT2D eigenvalue weighted by atomic mass is 9.99. The molecule has 7 nitrogen and oxygen atoms in total. The smallest absolute Gasteiger partial charge is 0.267 e.